The highest BCUT2D eigenvalue weighted by atomic mass is 35.5. The molecule has 0 aliphatic heterocycles. The van der Waals surface area contributed by atoms with E-state index >= 15 is 0 Å². The van der Waals surface area contributed by atoms with Crippen LogP contribution in [0.5, 0.6) is 0 Å². The standard InChI is InChI=1S/C17H18ClF2N/c1-3-8-21-17(14-9-12(18)5-4-11(14)2)15-10-13(19)6-7-16(15)20/h4-7,9-10,17,21H,3,8H2,1-2H3. The zero-order chi connectivity index (χ0) is 15.4. The number of nitrogens with one attached hydrogen (secondary N) is 1. The molecule has 2 rings (SSSR count). The highest BCUT2D eigenvalue weighted by Crippen LogP contribution is 2.29. The number of hydrogen-bond donors (Lipinski definition) is 1. The molecular weight excluding hydrogens is 292 g/mol. The van der Waals surface area contributed by atoms with Crippen molar-refractivity contribution in [2.45, 2.75) is 26.3 Å². The Morgan fingerprint density at radius 1 is 1.10 bits per heavy atom. The van der Waals surface area contributed by atoms with Gasteiger partial charge < -0.3 is 5.32 Å². The lowest BCUT2D eigenvalue weighted by molar-refractivity contribution is 0.534. The Balaban J connectivity index is 2.52. The van der Waals surface area contributed by atoms with Crippen molar-refractivity contribution in [3.05, 3.63) is 69.7 Å². The van der Waals surface area contributed by atoms with E-state index in [-0.39, 0.29) is 0 Å². The number of rotatable bonds is 5. The fourth-order valence-electron chi connectivity index (χ4n) is 2.33. The molecule has 0 aliphatic carbocycles. The van der Waals surface area contributed by atoms with Gasteiger partial charge in [-0.15, -0.1) is 0 Å². The van der Waals surface area contributed by atoms with E-state index in [0.717, 1.165) is 29.7 Å². The summed E-state index contributed by atoms with van der Waals surface area (Å²) in [5.74, 6) is -0.876. The summed E-state index contributed by atoms with van der Waals surface area (Å²) in [7, 11) is 0. The summed E-state index contributed by atoms with van der Waals surface area (Å²) >= 11 is 6.06. The van der Waals surface area contributed by atoms with Crippen LogP contribution >= 0.6 is 11.6 Å². The topological polar surface area (TPSA) is 12.0 Å². The van der Waals surface area contributed by atoms with Crippen LogP contribution < -0.4 is 5.32 Å². The Morgan fingerprint density at radius 2 is 1.86 bits per heavy atom. The maximum Gasteiger partial charge on any atom is 0.128 e. The normalized spacial score (nSPS) is 12.4. The monoisotopic (exact) mass is 309 g/mol. The van der Waals surface area contributed by atoms with Crippen molar-refractivity contribution in [1.29, 1.82) is 0 Å². The molecule has 4 heteroatoms. The first-order valence-electron chi connectivity index (χ1n) is 6.97. The Hall–Kier alpha value is -1.45. The molecular formula is C17H18ClF2N. The Kier molecular flexibility index (Phi) is 5.32. The Morgan fingerprint density at radius 3 is 2.57 bits per heavy atom. The molecule has 0 fully saturated rings. The Bertz CT molecular complexity index is 577. The molecule has 1 N–H and O–H groups in total. The average molecular weight is 310 g/mol. The highest BCUT2D eigenvalue weighted by Gasteiger charge is 2.20. The fourth-order valence-corrected chi connectivity index (χ4v) is 2.51. The number of halogens is 3. The van der Waals surface area contributed by atoms with Gasteiger partial charge in [0.25, 0.3) is 0 Å². The lowest BCUT2D eigenvalue weighted by atomic mass is 9.94. The van der Waals surface area contributed by atoms with E-state index in [0.29, 0.717) is 17.1 Å². The van der Waals surface area contributed by atoms with Crippen molar-refractivity contribution < 1.29 is 8.78 Å². The second-order valence-electron chi connectivity index (χ2n) is 5.05. The molecule has 21 heavy (non-hydrogen) atoms. The van der Waals surface area contributed by atoms with E-state index in [4.69, 9.17) is 11.6 Å². The summed E-state index contributed by atoms with van der Waals surface area (Å²) < 4.78 is 27.6. The van der Waals surface area contributed by atoms with Gasteiger partial charge in [0.2, 0.25) is 0 Å². The molecule has 0 aromatic heterocycles. The molecule has 1 unspecified atom stereocenters. The Labute approximate surface area is 128 Å². The first kappa shape index (κ1) is 15.9. The minimum atomic E-state index is -0.450. The SMILES string of the molecule is CCCNC(c1cc(Cl)ccc1C)c1cc(F)ccc1F. The third kappa shape index (κ3) is 3.80. The van der Waals surface area contributed by atoms with Crippen molar-refractivity contribution in [3.8, 4) is 0 Å². The van der Waals surface area contributed by atoms with Crippen LogP contribution in [0, 0.1) is 18.6 Å². The second-order valence-corrected chi connectivity index (χ2v) is 5.49. The third-order valence-corrected chi connectivity index (χ3v) is 3.65. The van der Waals surface area contributed by atoms with Crippen molar-refractivity contribution in [2.24, 2.45) is 0 Å². The summed E-state index contributed by atoms with van der Waals surface area (Å²) in [5.41, 5.74) is 2.14. The van der Waals surface area contributed by atoms with Gasteiger partial charge >= 0.3 is 0 Å². The van der Waals surface area contributed by atoms with Crippen LogP contribution in [0.4, 0.5) is 8.78 Å². The van der Waals surface area contributed by atoms with Crippen LogP contribution in [0.25, 0.3) is 0 Å². The smallest absolute Gasteiger partial charge is 0.128 e. The van der Waals surface area contributed by atoms with Gasteiger partial charge in [0.05, 0.1) is 6.04 Å². The molecule has 0 spiro atoms. The van der Waals surface area contributed by atoms with Gasteiger partial charge in [-0.3, -0.25) is 0 Å². The molecule has 1 atom stereocenters. The maximum atomic E-state index is 14.1. The van der Waals surface area contributed by atoms with Crippen LogP contribution in [0.1, 0.15) is 36.1 Å². The van der Waals surface area contributed by atoms with Crippen molar-refractivity contribution in [1.82, 2.24) is 5.32 Å². The molecule has 0 aliphatic rings. The zero-order valence-corrected chi connectivity index (χ0v) is 12.8. The second kappa shape index (κ2) is 7.01. The zero-order valence-electron chi connectivity index (χ0n) is 12.1. The predicted octanol–water partition coefficient (Wildman–Crippen LogP) is 5.02. The lowest BCUT2D eigenvalue weighted by Gasteiger charge is -2.22. The largest absolute Gasteiger partial charge is 0.306 e. The van der Waals surface area contributed by atoms with E-state index in [1.807, 2.05) is 19.9 Å². The summed E-state index contributed by atoms with van der Waals surface area (Å²) in [6, 6.07) is 8.58. The van der Waals surface area contributed by atoms with Crippen LogP contribution in [-0.4, -0.2) is 6.54 Å². The van der Waals surface area contributed by atoms with Gasteiger partial charge in [0.15, 0.2) is 0 Å². The van der Waals surface area contributed by atoms with Gasteiger partial charge in [0.1, 0.15) is 11.6 Å². The molecule has 112 valence electrons. The molecule has 0 bridgehead atoms. The molecule has 1 nitrogen and oxygen atoms in total. The fraction of sp³-hybridized carbons (Fsp3) is 0.294. The molecule has 0 saturated carbocycles. The average Bonchev–Trinajstić information content (AvgIpc) is 2.46. The van der Waals surface area contributed by atoms with Crippen molar-refractivity contribution in [2.75, 3.05) is 6.54 Å². The van der Waals surface area contributed by atoms with Crippen LogP contribution in [0.3, 0.4) is 0 Å². The number of benzene rings is 2. The van der Waals surface area contributed by atoms with Gasteiger partial charge in [0, 0.05) is 10.6 Å². The van der Waals surface area contributed by atoms with Gasteiger partial charge in [-0.05, 0) is 61.3 Å². The molecule has 0 heterocycles. The summed E-state index contributed by atoms with van der Waals surface area (Å²) in [6.45, 7) is 4.66. The van der Waals surface area contributed by atoms with Crippen LogP contribution in [-0.2, 0) is 0 Å². The van der Waals surface area contributed by atoms with E-state index in [9.17, 15) is 8.78 Å². The number of hydrogen-bond acceptors (Lipinski definition) is 1. The summed E-state index contributed by atoms with van der Waals surface area (Å²) in [5, 5.41) is 3.85. The van der Waals surface area contributed by atoms with E-state index < -0.39 is 17.7 Å². The molecule has 2 aromatic carbocycles. The van der Waals surface area contributed by atoms with E-state index in [1.165, 1.54) is 6.07 Å². The first-order valence-corrected chi connectivity index (χ1v) is 7.35. The molecule has 0 radical (unpaired) electrons. The summed E-state index contributed by atoms with van der Waals surface area (Å²) in [4.78, 5) is 0. The van der Waals surface area contributed by atoms with E-state index in [1.54, 1.807) is 12.1 Å². The maximum absolute atomic E-state index is 14.1. The lowest BCUT2D eigenvalue weighted by Crippen LogP contribution is -2.25. The minimum absolute atomic E-state index is 0.300. The molecule has 2 aromatic rings. The number of aryl methyl sites for hydroxylation is 1. The molecule has 0 amide bonds. The van der Waals surface area contributed by atoms with Gasteiger partial charge in [-0.25, -0.2) is 8.78 Å². The minimum Gasteiger partial charge on any atom is -0.306 e. The third-order valence-electron chi connectivity index (χ3n) is 3.42. The quantitative estimate of drug-likeness (QED) is 0.818. The van der Waals surface area contributed by atoms with E-state index in [2.05, 4.69) is 5.32 Å². The van der Waals surface area contributed by atoms with Crippen molar-refractivity contribution >= 4 is 11.6 Å². The van der Waals surface area contributed by atoms with Crippen LogP contribution in [0.2, 0.25) is 5.02 Å². The van der Waals surface area contributed by atoms with Gasteiger partial charge in [-0.2, -0.15) is 0 Å². The predicted molar refractivity (Wildman–Crippen MR) is 82.7 cm³/mol. The van der Waals surface area contributed by atoms with Crippen molar-refractivity contribution in [3.63, 3.8) is 0 Å². The molecule has 0 saturated heterocycles. The highest BCUT2D eigenvalue weighted by molar-refractivity contribution is 6.30. The van der Waals surface area contributed by atoms with Crippen LogP contribution in [0.15, 0.2) is 36.4 Å². The summed E-state index contributed by atoms with van der Waals surface area (Å²) in [6.07, 6.45) is 0.896. The van der Waals surface area contributed by atoms with Gasteiger partial charge in [-0.1, -0.05) is 24.6 Å². The first-order chi connectivity index (χ1) is 10.0.